The van der Waals surface area contributed by atoms with Crippen molar-refractivity contribution in [3.63, 3.8) is 0 Å². The van der Waals surface area contributed by atoms with Gasteiger partial charge in [-0.15, -0.1) is 0 Å². The molecule has 0 aliphatic heterocycles. The molecule has 1 amide bonds. The predicted molar refractivity (Wildman–Crippen MR) is 131 cm³/mol. The second-order valence-electron chi connectivity index (χ2n) is 7.32. The van der Waals surface area contributed by atoms with Crippen LogP contribution < -0.4 is 16.8 Å². The zero-order valence-corrected chi connectivity index (χ0v) is 18.7. The number of furan rings is 1. The van der Waals surface area contributed by atoms with E-state index in [9.17, 15) is 4.79 Å². The summed E-state index contributed by atoms with van der Waals surface area (Å²) in [7, 11) is 0. The number of carbonyl (C=O) groups excluding carboxylic acids is 1. The molecule has 0 aliphatic rings. The number of benzene rings is 2. The summed E-state index contributed by atoms with van der Waals surface area (Å²) >= 11 is 1.75. The molecule has 0 bridgehead atoms. The van der Waals surface area contributed by atoms with Crippen LogP contribution >= 0.6 is 11.8 Å². The van der Waals surface area contributed by atoms with Gasteiger partial charge in [0.15, 0.2) is 0 Å². The molecule has 166 valence electrons. The van der Waals surface area contributed by atoms with Crippen LogP contribution in [0.25, 0.3) is 22.6 Å². The second-order valence-corrected chi connectivity index (χ2v) is 8.31. The average molecular weight is 450 g/mol. The standard InChI is InChI=1S/C24H27N5O2S/c1-32-12-2-11-29-21(30)14-19-13-20(15-3-7-17(8-4-15)23(25)26)31-22(19)16-5-9-18(10-6-16)24(27)28/h3-10,13H,2,11-12,14H2,1H3,(H3,25,26)(H3,27,28)(H,29,30). The largest absolute Gasteiger partial charge is 0.456 e. The first-order valence-corrected chi connectivity index (χ1v) is 11.6. The van der Waals surface area contributed by atoms with Crippen LogP contribution in [0.4, 0.5) is 0 Å². The Morgan fingerprint density at radius 3 is 2.06 bits per heavy atom. The highest BCUT2D eigenvalue weighted by atomic mass is 32.2. The van der Waals surface area contributed by atoms with E-state index in [2.05, 4.69) is 5.32 Å². The Bertz CT molecular complexity index is 1100. The molecule has 0 radical (unpaired) electrons. The SMILES string of the molecule is CSCCCNC(=O)Cc1cc(-c2ccc(C(=N)N)cc2)oc1-c1ccc(C(=N)N)cc1. The number of hydrogen-bond acceptors (Lipinski definition) is 5. The minimum absolute atomic E-state index is 0.000998. The molecule has 7 nitrogen and oxygen atoms in total. The summed E-state index contributed by atoms with van der Waals surface area (Å²) in [5.74, 6) is 2.15. The molecule has 0 spiro atoms. The van der Waals surface area contributed by atoms with Gasteiger partial charge in [0.25, 0.3) is 0 Å². The van der Waals surface area contributed by atoms with Crippen LogP contribution in [0.3, 0.4) is 0 Å². The lowest BCUT2D eigenvalue weighted by atomic mass is 10.0. The van der Waals surface area contributed by atoms with Gasteiger partial charge < -0.3 is 21.2 Å². The van der Waals surface area contributed by atoms with E-state index in [0.29, 0.717) is 29.2 Å². The quantitative estimate of drug-likeness (QED) is 0.183. The lowest BCUT2D eigenvalue weighted by molar-refractivity contribution is -0.120. The van der Waals surface area contributed by atoms with E-state index < -0.39 is 0 Å². The minimum atomic E-state index is -0.0630. The molecule has 7 N–H and O–H groups in total. The Kier molecular flexibility index (Phi) is 7.72. The Morgan fingerprint density at radius 1 is 0.969 bits per heavy atom. The third-order valence-electron chi connectivity index (χ3n) is 4.95. The van der Waals surface area contributed by atoms with Gasteiger partial charge in [0.05, 0.1) is 6.42 Å². The zero-order chi connectivity index (χ0) is 23.1. The molecule has 0 unspecified atom stereocenters. The molecular weight excluding hydrogens is 422 g/mol. The highest BCUT2D eigenvalue weighted by Gasteiger charge is 2.17. The summed E-state index contributed by atoms with van der Waals surface area (Å²) in [5, 5.41) is 18.1. The van der Waals surface area contributed by atoms with Gasteiger partial charge in [-0.25, -0.2) is 0 Å². The van der Waals surface area contributed by atoms with Crippen molar-refractivity contribution in [1.29, 1.82) is 10.8 Å². The summed E-state index contributed by atoms with van der Waals surface area (Å²) in [5.41, 5.74) is 14.7. The van der Waals surface area contributed by atoms with Crippen LogP contribution in [0, 0.1) is 10.8 Å². The number of nitrogens with one attached hydrogen (secondary N) is 3. The second kappa shape index (κ2) is 10.7. The van der Waals surface area contributed by atoms with E-state index in [0.717, 1.165) is 28.9 Å². The molecule has 2 aromatic carbocycles. The lowest BCUT2D eigenvalue weighted by Crippen LogP contribution is -2.26. The molecule has 1 aromatic heterocycles. The maximum absolute atomic E-state index is 12.5. The Balaban J connectivity index is 1.91. The van der Waals surface area contributed by atoms with Crippen LogP contribution in [-0.4, -0.2) is 36.1 Å². The number of rotatable bonds is 10. The highest BCUT2D eigenvalue weighted by molar-refractivity contribution is 7.98. The number of amides is 1. The van der Waals surface area contributed by atoms with Gasteiger partial charge in [-0.2, -0.15) is 11.8 Å². The third-order valence-corrected chi connectivity index (χ3v) is 5.64. The molecule has 3 aromatic rings. The lowest BCUT2D eigenvalue weighted by Gasteiger charge is -2.06. The normalized spacial score (nSPS) is 10.7. The molecular formula is C24H27N5O2S. The van der Waals surface area contributed by atoms with Gasteiger partial charge in [0, 0.05) is 34.4 Å². The first kappa shape index (κ1) is 23.1. The number of amidine groups is 2. The smallest absolute Gasteiger partial charge is 0.224 e. The first-order chi connectivity index (χ1) is 15.4. The number of nitrogens with two attached hydrogens (primary N) is 2. The van der Waals surface area contributed by atoms with Crippen molar-refractivity contribution in [2.75, 3.05) is 18.6 Å². The number of hydrogen-bond donors (Lipinski definition) is 5. The summed E-state index contributed by atoms with van der Waals surface area (Å²) in [4.78, 5) is 12.5. The van der Waals surface area contributed by atoms with Gasteiger partial charge in [0.2, 0.25) is 5.91 Å². The van der Waals surface area contributed by atoms with E-state index in [1.807, 2.05) is 36.6 Å². The molecule has 0 aliphatic carbocycles. The van der Waals surface area contributed by atoms with Gasteiger partial charge >= 0.3 is 0 Å². The topological polar surface area (TPSA) is 142 Å². The van der Waals surface area contributed by atoms with E-state index in [1.165, 1.54) is 0 Å². The number of thioether (sulfide) groups is 1. The molecule has 3 rings (SSSR count). The van der Waals surface area contributed by atoms with Crippen LogP contribution in [0.2, 0.25) is 0 Å². The molecule has 8 heteroatoms. The molecule has 32 heavy (non-hydrogen) atoms. The van der Waals surface area contributed by atoms with E-state index in [1.54, 1.807) is 36.0 Å². The molecule has 0 saturated heterocycles. The van der Waals surface area contributed by atoms with Crippen LogP contribution in [0.15, 0.2) is 59.0 Å². The van der Waals surface area contributed by atoms with Crippen LogP contribution in [-0.2, 0) is 11.2 Å². The average Bonchev–Trinajstić information content (AvgIpc) is 3.20. The molecule has 0 atom stereocenters. The fourth-order valence-corrected chi connectivity index (χ4v) is 3.67. The monoisotopic (exact) mass is 449 g/mol. The van der Waals surface area contributed by atoms with Crippen molar-refractivity contribution in [3.8, 4) is 22.6 Å². The minimum Gasteiger partial charge on any atom is -0.456 e. The van der Waals surface area contributed by atoms with Gasteiger partial charge in [-0.3, -0.25) is 15.6 Å². The maximum atomic E-state index is 12.5. The maximum Gasteiger partial charge on any atom is 0.224 e. The van der Waals surface area contributed by atoms with Crippen molar-refractivity contribution < 1.29 is 9.21 Å². The fourth-order valence-electron chi connectivity index (χ4n) is 3.24. The molecule has 0 saturated carbocycles. The molecule has 0 fully saturated rings. The summed E-state index contributed by atoms with van der Waals surface area (Å²) in [6, 6.07) is 16.3. The van der Waals surface area contributed by atoms with Crippen molar-refractivity contribution in [1.82, 2.24) is 5.32 Å². The van der Waals surface area contributed by atoms with E-state index in [-0.39, 0.29) is 24.0 Å². The van der Waals surface area contributed by atoms with Gasteiger partial charge in [-0.05, 0) is 24.5 Å². The summed E-state index contributed by atoms with van der Waals surface area (Å²) in [6.45, 7) is 0.638. The van der Waals surface area contributed by atoms with E-state index in [4.69, 9.17) is 26.7 Å². The summed E-state index contributed by atoms with van der Waals surface area (Å²) in [6.07, 6.45) is 3.16. The fraction of sp³-hybridized carbons (Fsp3) is 0.208. The van der Waals surface area contributed by atoms with E-state index >= 15 is 0 Å². The molecule has 1 heterocycles. The van der Waals surface area contributed by atoms with Crippen molar-refractivity contribution in [3.05, 3.63) is 71.3 Å². The van der Waals surface area contributed by atoms with Gasteiger partial charge in [0.1, 0.15) is 23.2 Å². The zero-order valence-electron chi connectivity index (χ0n) is 17.9. The highest BCUT2D eigenvalue weighted by Crippen LogP contribution is 2.33. The van der Waals surface area contributed by atoms with Crippen molar-refractivity contribution in [2.45, 2.75) is 12.8 Å². The summed E-state index contributed by atoms with van der Waals surface area (Å²) < 4.78 is 6.18. The van der Waals surface area contributed by atoms with Crippen LogP contribution in [0.1, 0.15) is 23.1 Å². The van der Waals surface area contributed by atoms with Crippen molar-refractivity contribution in [2.24, 2.45) is 11.5 Å². The van der Waals surface area contributed by atoms with Gasteiger partial charge in [-0.1, -0.05) is 48.5 Å². The Hall–Kier alpha value is -3.52. The Labute approximate surface area is 191 Å². The van der Waals surface area contributed by atoms with Crippen LogP contribution in [0.5, 0.6) is 0 Å². The van der Waals surface area contributed by atoms with Crippen molar-refractivity contribution >= 4 is 29.3 Å². The number of nitrogen functional groups attached to an aromatic ring is 2. The Morgan fingerprint density at radius 2 is 1.53 bits per heavy atom. The third kappa shape index (κ3) is 5.79. The predicted octanol–water partition coefficient (Wildman–Crippen LogP) is 3.59. The first-order valence-electron chi connectivity index (χ1n) is 10.2. The number of carbonyl (C=O) groups is 1.